The molecular formula is C25H24N6O3. The van der Waals surface area contributed by atoms with Crippen LogP contribution in [0.4, 0.5) is 11.4 Å². The number of anilines is 2. The number of benzene rings is 1. The maximum Gasteiger partial charge on any atom is 0.256 e. The van der Waals surface area contributed by atoms with Crippen molar-refractivity contribution in [2.24, 2.45) is 0 Å². The number of nitrogens with one attached hydrogen (secondary N) is 2. The van der Waals surface area contributed by atoms with Crippen LogP contribution in [0.2, 0.25) is 0 Å². The molecule has 3 aromatic heterocycles. The first kappa shape index (κ1) is 21.7. The summed E-state index contributed by atoms with van der Waals surface area (Å²) in [4.78, 5) is 34.6. The Hall–Kier alpha value is -4.11. The molecule has 1 aliphatic rings. The largest absolute Gasteiger partial charge is 0.375 e. The zero-order chi connectivity index (χ0) is 23.7. The van der Waals surface area contributed by atoms with E-state index in [0.717, 1.165) is 18.5 Å². The Morgan fingerprint density at radius 2 is 1.88 bits per heavy atom. The molecule has 9 nitrogen and oxygen atoms in total. The molecule has 0 aliphatic heterocycles. The predicted molar refractivity (Wildman–Crippen MR) is 128 cm³/mol. The summed E-state index contributed by atoms with van der Waals surface area (Å²) in [6.07, 6.45) is 3.81. The first-order chi connectivity index (χ1) is 16.5. The summed E-state index contributed by atoms with van der Waals surface area (Å²) in [6.45, 7) is 1.82. The Bertz CT molecular complexity index is 1380. The average Bonchev–Trinajstić information content (AvgIpc) is 3.63. The molecule has 34 heavy (non-hydrogen) atoms. The molecule has 4 aromatic rings. The van der Waals surface area contributed by atoms with Crippen molar-refractivity contribution < 1.29 is 14.3 Å². The second-order valence-electron chi connectivity index (χ2n) is 8.27. The van der Waals surface area contributed by atoms with Gasteiger partial charge in [-0.05, 0) is 56.2 Å². The van der Waals surface area contributed by atoms with Gasteiger partial charge in [0.2, 0.25) is 5.91 Å². The minimum Gasteiger partial charge on any atom is -0.375 e. The lowest BCUT2D eigenvalue weighted by molar-refractivity contribution is -0.119. The normalized spacial score (nSPS) is 13.1. The number of pyridine rings is 2. The number of nitrogens with zero attached hydrogens (tertiary/aromatic N) is 4. The number of ether oxygens (including phenoxy) is 1. The molecule has 1 fully saturated rings. The van der Waals surface area contributed by atoms with Crippen LogP contribution in [0.25, 0.3) is 16.9 Å². The second kappa shape index (κ2) is 9.03. The quantitative estimate of drug-likeness (QED) is 0.437. The van der Waals surface area contributed by atoms with Gasteiger partial charge >= 0.3 is 0 Å². The van der Waals surface area contributed by atoms with Crippen LogP contribution in [-0.4, -0.2) is 45.3 Å². The molecule has 0 atom stereocenters. The number of carbonyl (C=O) groups is 2. The molecule has 172 valence electrons. The third-order valence-corrected chi connectivity index (χ3v) is 5.62. The lowest BCUT2D eigenvalue weighted by Gasteiger charge is -2.11. The Labute approximate surface area is 196 Å². The van der Waals surface area contributed by atoms with Crippen LogP contribution in [0.5, 0.6) is 0 Å². The van der Waals surface area contributed by atoms with Crippen LogP contribution in [0.3, 0.4) is 0 Å². The summed E-state index contributed by atoms with van der Waals surface area (Å²) >= 11 is 0. The molecular weight excluding hydrogens is 432 g/mol. The minimum atomic E-state index is -0.270. The van der Waals surface area contributed by atoms with Crippen molar-refractivity contribution in [2.75, 3.05) is 24.4 Å². The van der Waals surface area contributed by atoms with E-state index in [2.05, 4.69) is 20.7 Å². The number of fused-ring (bicyclic) bond motifs is 1. The monoisotopic (exact) mass is 456 g/mol. The Kier molecular flexibility index (Phi) is 5.77. The number of amides is 2. The van der Waals surface area contributed by atoms with Gasteiger partial charge in [-0.2, -0.15) is 9.78 Å². The standard InChI is InChI=1S/C25H24N6O3/c1-15-23-19(25(33)28-18-7-5-6-17(12-18)27-22(32)14-34-2)13-20(16-9-10-16)29-24(23)31(30-15)21-8-3-4-11-26-21/h3-8,11-13,16H,9-10,14H2,1-2H3,(H,27,32)(H,28,33). The number of rotatable bonds is 7. The lowest BCUT2D eigenvalue weighted by atomic mass is 10.1. The van der Waals surface area contributed by atoms with Crippen molar-refractivity contribution in [1.82, 2.24) is 19.7 Å². The van der Waals surface area contributed by atoms with Crippen LogP contribution in [0.15, 0.2) is 54.7 Å². The van der Waals surface area contributed by atoms with Crippen molar-refractivity contribution >= 4 is 34.2 Å². The molecule has 5 rings (SSSR count). The highest BCUT2D eigenvalue weighted by Gasteiger charge is 2.29. The molecule has 3 heterocycles. The van der Waals surface area contributed by atoms with Gasteiger partial charge in [-0.1, -0.05) is 12.1 Å². The maximum absolute atomic E-state index is 13.5. The molecule has 0 saturated heterocycles. The topological polar surface area (TPSA) is 111 Å². The molecule has 0 unspecified atom stereocenters. The van der Waals surface area contributed by atoms with E-state index in [9.17, 15) is 9.59 Å². The number of hydrogen-bond donors (Lipinski definition) is 2. The van der Waals surface area contributed by atoms with E-state index in [1.807, 2.05) is 31.2 Å². The molecule has 0 spiro atoms. The fraction of sp³-hybridized carbons (Fsp3) is 0.240. The molecule has 1 saturated carbocycles. The number of hydrogen-bond acceptors (Lipinski definition) is 6. The van der Waals surface area contributed by atoms with Gasteiger partial charge in [0.15, 0.2) is 11.5 Å². The van der Waals surface area contributed by atoms with Crippen LogP contribution in [0.1, 0.15) is 40.5 Å². The molecule has 0 radical (unpaired) electrons. The molecule has 1 aliphatic carbocycles. The number of aromatic nitrogens is 4. The van der Waals surface area contributed by atoms with Gasteiger partial charge in [0.25, 0.3) is 5.91 Å². The fourth-order valence-corrected chi connectivity index (χ4v) is 3.92. The van der Waals surface area contributed by atoms with E-state index in [4.69, 9.17) is 9.72 Å². The molecule has 0 bridgehead atoms. The van der Waals surface area contributed by atoms with E-state index >= 15 is 0 Å². The highest BCUT2D eigenvalue weighted by molar-refractivity contribution is 6.13. The molecule has 2 amide bonds. The Balaban J connectivity index is 1.52. The van der Waals surface area contributed by atoms with E-state index in [1.54, 1.807) is 35.1 Å². The Morgan fingerprint density at radius 3 is 2.59 bits per heavy atom. The van der Waals surface area contributed by atoms with E-state index in [-0.39, 0.29) is 18.4 Å². The van der Waals surface area contributed by atoms with Crippen molar-refractivity contribution in [1.29, 1.82) is 0 Å². The van der Waals surface area contributed by atoms with E-state index in [1.165, 1.54) is 7.11 Å². The third kappa shape index (κ3) is 4.38. The van der Waals surface area contributed by atoms with E-state index < -0.39 is 0 Å². The SMILES string of the molecule is COCC(=O)Nc1cccc(NC(=O)c2cc(C3CC3)nc3c2c(C)nn3-c2ccccn2)c1. The Morgan fingerprint density at radius 1 is 1.09 bits per heavy atom. The maximum atomic E-state index is 13.5. The zero-order valence-electron chi connectivity index (χ0n) is 18.9. The summed E-state index contributed by atoms with van der Waals surface area (Å²) in [5.74, 6) is 0.460. The minimum absolute atomic E-state index is 0.0466. The second-order valence-corrected chi connectivity index (χ2v) is 8.27. The van der Waals surface area contributed by atoms with Crippen LogP contribution < -0.4 is 10.6 Å². The highest BCUT2D eigenvalue weighted by atomic mass is 16.5. The molecule has 9 heteroatoms. The predicted octanol–water partition coefficient (Wildman–Crippen LogP) is 3.84. The first-order valence-electron chi connectivity index (χ1n) is 11.1. The van der Waals surface area contributed by atoms with Gasteiger partial charge in [0, 0.05) is 36.3 Å². The van der Waals surface area contributed by atoms with E-state index in [0.29, 0.717) is 45.4 Å². The van der Waals surface area contributed by atoms with Crippen molar-refractivity contribution in [3.05, 3.63) is 71.7 Å². The zero-order valence-corrected chi connectivity index (χ0v) is 18.9. The van der Waals surface area contributed by atoms with Gasteiger partial charge < -0.3 is 15.4 Å². The fourth-order valence-electron chi connectivity index (χ4n) is 3.92. The summed E-state index contributed by atoms with van der Waals surface area (Å²) in [7, 11) is 1.46. The van der Waals surface area contributed by atoms with Crippen LogP contribution >= 0.6 is 0 Å². The van der Waals surface area contributed by atoms with Crippen molar-refractivity contribution in [3.8, 4) is 5.82 Å². The number of methoxy groups -OCH3 is 1. The first-order valence-corrected chi connectivity index (χ1v) is 11.1. The van der Waals surface area contributed by atoms with Crippen LogP contribution in [0, 0.1) is 6.92 Å². The van der Waals surface area contributed by atoms with Gasteiger partial charge in [0.05, 0.1) is 16.6 Å². The van der Waals surface area contributed by atoms with Gasteiger partial charge in [0.1, 0.15) is 6.61 Å². The van der Waals surface area contributed by atoms with Crippen molar-refractivity contribution in [2.45, 2.75) is 25.7 Å². The summed E-state index contributed by atoms with van der Waals surface area (Å²) in [5.41, 5.74) is 3.84. The molecule has 2 N–H and O–H groups in total. The third-order valence-electron chi connectivity index (χ3n) is 5.62. The summed E-state index contributed by atoms with van der Waals surface area (Å²) in [6, 6.07) is 14.5. The number of carbonyl (C=O) groups excluding carboxylic acids is 2. The van der Waals surface area contributed by atoms with Gasteiger partial charge in [-0.15, -0.1) is 0 Å². The average molecular weight is 457 g/mol. The highest BCUT2D eigenvalue weighted by Crippen LogP contribution is 2.40. The van der Waals surface area contributed by atoms with Gasteiger partial charge in [-0.3, -0.25) is 9.59 Å². The van der Waals surface area contributed by atoms with Crippen molar-refractivity contribution in [3.63, 3.8) is 0 Å². The lowest BCUT2D eigenvalue weighted by Crippen LogP contribution is -2.17. The molecule has 1 aromatic carbocycles. The van der Waals surface area contributed by atoms with Crippen LogP contribution in [-0.2, 0) is 9.53 Å². The summed E-state index contributed by atoms with van der Waals surface area (Å²) < 4.78 is 6.54. The number of aryl methyl sites for hydroxylation is 1. The van der Waals surface area contributed by atoms with Gasteiger partial charge in [-0.25, -0.2) is 9.97 Å². The smallest absolute Gasteiger partial charge is 0.256 e. The summed E-state index contributed by atoms with van der Waals surface area (Å²) in [5, 5.41) is 11.0.